The number of para-hydroxylation sites is 1. The van der Waals surface area contributed by atoms with E-state index in [1.165, 1.54) is 0 Å². The second kappa shape index (κ2) is 6.12. The molecule has 0 unspecified atom stereocenters. The van der Waals surface area contributed by atoms with Crippen molar-refractivity contribution in [1.29, 1.82) is 0 Å². The minimum Gasteiger partial charge on any atom is -0.355 e. The van der Waals surface area contributed by atoms with Crippen molar-refractivity contribution in [2.75, 3.05) is 18.2 Å². The molecule has 86 valence electrons. The molecule has 0 aliphatic heterocycles. The summed E-state index contributed by atoms with van der Waals surface area (Å²) in [6.45, 7) is 0. The Morgan fingerprint density at radius 1 is 1.31 bits per heavy atom. The molecule has 2 N–H and O–H groups in total. The maximum absolute atomic E-state index is 11.5. The number of hydrogen-bond acceptors (Lipinski definition) is 2. The standard InChI is InChI=1S/C11H13ClN2O2/c1-13-11(16)8-4-2-3-5-9(8)14-10(15)6-7-12/h2-5H,6-7H2,1H3,(H,13,16)(H,14,15). The first-order valence-electron chi connectivity index (χ1n) is 4.86. The van der Waals surface area contributed by atoms with Crippen molar-refractivity contribution in [3.05, 3.63) is 29.8 Å². The normalized spacial score (nSPS) is 9.62. The first-order valence-corrected chi connectivity index (χ1v) is 5.39. The molecule has 5 heteroatoms. The van der Waals surface area contributed by atoms with Gasteiger partial charge >= 0.3 is 0 Å². The number of nitrogens with one attached hydrogen (secondary N) is 2. The van der Waals surface area contributed by atoms with Crippen LogP contribution in [0.4, 0.5) is 5.69 Å². The molecule has 16 heavy (non-hydrogen) atoms. The highest BCUT2D eigenvalue weighted by Gasteiger charge is 2.10. The zero-order chi connectivity index (χ0) is 12.0. The summed E-state index contributed by atoms with van der Waals surface area (Å²) in [6.07, 6.45) is 0.226. The lowest BCUT2D eigenvalue weighted by Gasteiger charge is -2.09. The molecule has 0 aliphatic carbocycles. The van der Waals surface area contributed by atoms with E-state index in [-0.39, 0.29) is 24.1 Å². The van der Waals surface area contributed by atoms with Crippen LogP contribution in [0.15, 0.2) is 24.3 Å². The van der Waals surface area contributed by atoms with E-state index < -0.39 is 0 Å². The molecule has 0 saturated heterocycles. The number of amides is 2. The number of benzene rings is 1. The smallest absolute Gasteiger partial charge is 0.253 e. The van der Waals surface area contributed by atoms with Gasteiger partial charge in [-0.1, -0.05) is 12.1 Å². The summed E-state index contributed by atoms with van der Waals surface area (Å²) in [5.74, 6) is -0.179. The van der Waals surface area contributed by atoms with Crippen LogP contribution in [0, 0.1) is 0 Å². The molecule has 0 bridgehead atoms. The molecule has 2 amide bonds. The average molecular weight is 241 g/mol. The molecule has 0 fully saturated rings. The van der Waals surface area contributed by atoms with E-state index in [4.69, 9.17) is 11.6 Å². The second-order valence-electron chi connectivity index (χ2n) is 3.11. The van der Waals surface area contributed by atoms with Gasteiger partial charge in [-0.2, -0.15) is 0 Å². The first-order chi connectivity index (χ1) is 7.69. The molecule has 0 saturated carbocycles. The van der Waals surface area contributed by atoms with E-state index in [9.17, 15) is 9.59 Å². The molecule has 4 nitrogen and oxygen atoms in total. The Labute approximate surface area is 99.0 Å². The molecule has 0 radical (unpaired) electrons. The van der Waals surface area contributed by atoms with Crippen molar-refractivity contribution < 1.29 is 9.59 Å². The number of alkyl halides is 1. The molecular formula is C11H13ClN2O2. The van der Waals surface area contributed by atoms with Gasteiger partial charge in [0.1, 0.15) is 0 Å². The third-order valence-electron chi connectivity index (χ3n) is 1.99. The third kappa shape index (κ3) is 3.24. The monoisotopic (exact) mass is 240 g/mol. The lowest BCUT2D eigenvalue weighted by Crippen LogP contribution is -2.21. The van der Waals surface area contributed by atoms with Crippen LogP contribution in [0.1, 0.15) is 16.8 Å². The largest absolute Gasteiger partial charge is 0.355 e. The number of carbonyl (C=O) groups excluding carboxylic acids is 2. The Hall–Kier alpha value is -1.55. The fourth-order valence-corrected chi connectivity index (χ4v) is 1.39. The highest BCUT2D eigenvalue weighted by atomic mass is 35.5. The zero-order valence-corrected chi connectivity index (χ0v) is 9.67. The number of hydrogen-bond donors (Lipinski definition) is 2. The molecular weight excluding hydrogens is 228 g/mol. The van der Waals surface area contributed by atoms with E-state index in [0.717, 1.165) is 0 Å². The average Bonchev–Trinajstić information content (AvgIpc) is 2.29. The van der Waals surface area contributed by atoms with Gasteiger partial charge in [0.2, 0.25) is 5.91 Å². The van der Waals surface area contributed by atoms with Crippen LogP contribution in [0.5, 0.6) is 0 Å². The van der Waals surface area contributed by atoms with Gasteiger partial charge in [0.15, 0.2) is 0 Å². The Kier molecular flexibility index (Phi) is 4.79. The molecule has 1 aromatic carbocycles. The van der Waals surface area contributed by atoms with Crippen molar-refractivity contribution >= 4 is 29.1 Å². The Bertz CT molecular complexity index is 393. The van der Waals surface area contributed by atoms with Gasteiger partial charge in [0.05, 0.1) is 11.3 Å². The summed E-state index contributed by atoms with van der Waals surface area (Å²) in [7, 11) is 1.54. The van der Waals surface area contributed by atoms with E-state index in [1.54, 1.807) is 31.3 Å². The molecule has 1 aromatic rings. The van der Waals surface area contributed by atoms with E-state index in [1.807, 2.05) is 0 Å². The maximum Gasteiger partial charge on any atom is 0.253 e. The molecule has 0 spiro atoms. The molecule has 1 rings (SSSR count). The quantitative estimate of drug-likeness (QED) is 0.786. The van der Waals surface area contributed by atoms with Gasteiger partial charge in [-0.25, -0.2) is 0 Å². The number of rotatable bonds is 4. The van der Waals surface area contributed by atoms with Crippen LogP contribution < -0.4 is 10.6 Å². The summed E-state index contributed by atoms with van der Waals surface area (Å²) in [5.41, 5.74) is 0.935. The summed E-state index contributed by atoms with van der Waals surface area (Å²) < 4.78 is 0. The Morgan fingerprint density at radius 3 is 2.62 bits per heavy atom. The second-order valence-corrected chi connectivity index (χ2v) is 3.49. The van der Waals surface area contributed by atoms with Crippen LogP contribution >= 0.6 is 11.6 Å². The van der Waals surface area contributed by atoms with Crippen molar-refractivity contribution in [3.8, 4) is 0 Å². The van der Waals surface area contributed by atoms with Gasteiger partial charge in [-0.3, -0.25) is 9.59 Å². The lowest BCUT2D eigenvalue weighted by atomic mass is 10.1. The topological polar surface area (TPSA) is 58.2 Å². The highest BCUT2D eigenvalue weighted by molar-refractivity contribution is 6.19. The fourth-order valence-electron chi connectivity index (χ4n) is 1.22. The van der Waals surface area contributed by atoms with Crippen LogP contribution in [0.3, 0.4) is 0 Å². The minimum absolute atomic E-state index is 0.202. The van der Waals surface area contributed by atoms with Gasteiger partial charge < -0.3 is 10.6 Å². The van der Waals surface area contributed by atoms with Gasteiger partial charge in [-0.05, 0) is 12.1 Å². The summed E-state index contributed by atoms with van der Waals surface area (Å²) in [4.78, 5) is 22.8. The highest BCUT2D eigenvalue weighted by Crippen LogP contribution is 2.14. The summed E-state index contributed by atoms with van der Waals surface area (Å²) >= 11 is 5.45. The van der Waals surface area contributed by atoms with Gasteiger partial charge in [0.25, 0.3) is 5.91 Å². The molecule has 0 heterocycles. The maximum atomic E-state index is 11.5. The Morgan fingerprint density at radius 2 is 2.00 bits per heavy atom. The van der Waals surface area contributed by atoms with Crippen molar-refractivity contribution in [2.45, 2.75) is 6.42 Å². The van der Waals surface area contributed by atoms with Crippen molar-refractivity contribution in [2.24, 2.45) is 0 Å². The van der Waals surface area contributed by atoms with Crippen LogP contribution in [0.2, 0.25) is 0 Å². The van der Waals surface area contributed by atoms with E-state index in [0.29, 0.717) is 11.3 Å². The predicted molar refractivity (Wildman–Crippen MR) is 63.8 cm³/mol. The zero-order valence-electron chi connectivity index (χ0n) is 8.92. The summed E-state index contributed by atoms with van der Waals surface area (Å²) in [5, 5.41) is 5.15. The number of halogens is 1. The van der Waals surface area contributed by atoms with Crippen molar-refractivity contribution in [3.63, 3.8) is 0 Å². The van der Waals surface area contributed by atoms with Gasteiger partial charge in [-0.15, -0.1) is 11.6 Å². The van der Waals surface area contributed by atoms with E-state index >= 15 is 0 Å². The SMILES string of the molecule is CNC(=O)c1ccccc1NC(=O)CCCl. The minimum atomic E-state index is -0.234. The van der Waals surface area contributed by atoms with Gasteiger partial charge in [0, 0.05) is 19.3 Å². The number of carbonyl (C=O) groups is 2. The predicted octanol–water partition coefficient (Wildman–Crippen LogP) is 1.61. The molecule has 0 aromatic heterocycles. The summed E-state index contributed by atoms with van der Waals surface area (Å²) in [6, 6.07) is 6.82. The molecule has 0 atom stereocenters. The van der Waals surface area contributed by atoms with E-state index in [2.05, 4.69) is 10.6 Å². The Balaban J connectivity index is 2.87. The number of anilines is 1. The van der Waals surface area contributed by atoms with Crippen LogP contribution in [0.25, 0.3) is 0 Å². The van der Waals surface area contributed by atoms with Crippen LogP contribution in [-0.2, 0) is 4.79 Å². The van der Waals surface area contributed by atoms with Crippen LogP contribution in [-0.4, -0.2) is 24.7 Å². The third-order valence-corrected chi connectivity index (χ3v) is 2.18. The molecule has 0 aliphatic rings. The lowest BCUT2D eigenvalue weighted by molar-refractivity contribution is -0.115. The first kappa shape index (κ1) is 12.5. The fraction of sp³-hybridized carbons (Fsp3) is 0.273. The van der Waals surface area contributed by atoms with Crippen molar-refractivity contribution in [1.82, 2.24) is 5.32 Å².